The highest BCUT2D eigenvalue weighted by Gasteiger charge is 2.32. The number of rotatable bonds is 4. The third-order valence-electron chi connectivity index (χ3n) is 3.07. The molecule has 1 aliphatic rings. The van der Waals surface area contributed by atoms with E-state index in [4.69, 9.17) is 0 Å². The molecule has 1 aliphatic heterocycles. The highest BCUT2D eigenvalue weighted by Crippen LogP contribution is 2.34. The van der Waals surface area contributed by atoms with E-state index in [0.717, 1.165) is 0 Å². The van der Waals surface area contributed by atoms with Crippen LogP contribution in [0.15, 0.2) is 24.3 Å². The summed E-state index contributed by atoms with van der Waals surface area (Å²) < 4.78 is 0. The smallest absolute Gasteiger partial charge is 0.0475 e. The highest BCUT2D eigenvalue weighted by atomic mass is 15.3. The maximum Gasteiger partial charge on any atom is 0.0475 e. The topological polar surface area (TPSA) is 3.01 Å². The van der Waals surface area contributed by atoms with Crippen molar-refractivity contribution in [1.82, 2.24) is 4.90 Å². The van der Waals surface area contributed by atoms with Crippen LogP contribution in [0, 0.1) is 0 Å². The number of nitrogens with zero attached hydrogens (tertiary/aromatic N) is 1. The lowest BCUT2D eigenvalue weighted by Gasteiger charge is -2.07. The summed E-state index contributed by atoms with van der Waals surface area (Å²) in [5, 5.41) is 0. The van der Waals surface area contributed by atoms with E-state index in [9.17, 15) is 0 Å². The Morgan fingerprint density at radius 2 is 2.07 bits per heavy atom. The van der Waals surface area contributed by atoms with Gasteiger partial charge in [-0.1, -0.05) is 37.6 Å². The molecule has 1 aromatic carbocycles. The maximum absolute atomic E-state index is 2.39. The number of likely N-dealkylation sites (N-methyl/N-ethyl adjacent to an activating group) is 1. The molecule has 76 valence electrons. The summed E-state index contributed by atoms with van der Waals surface area (Å²) in [6.07, 6.45) is 3.85. The van der Waals surface area contributed by atoms with Crippen LogP contribution < -0.4 is 0 Å². The van der Waals surface area contributed by atoms with E-state index in [1.54, 1.807) is 11.1 Å². The first-order valence-corrected chi connectivity index (χ1v) is 5.61. The number of benzene rings is 1. The molecule has 1 saturated heterocycles. The Morgan fingerprint density at radius 1 is 1.36 bits per heavy atom. The van der Waals surface area contributed by atoms with E-state index in [1.807, 2.05) is 0 Å². The minimum Gasteiger partial charge on any atom is -0.296 e. The van der Waals surface area contributed by atoms with Crippen LogP contribution in [0.5, 0.6) is 0 Å². The van der Waals surface area contributed by atoms with Gasteiger partial charge in [0.25, 0.3) is 0 Å². The minimum absolute atomic E-state index is 0.711. The first kappa shape index (κ1) is 9.72. The van der Waals surface area contributed by atoms with E-state index in [2.05, 4.69) is 43.1 Å². The van der Waals surface area contributed by atoms with Crippen LogP contribution in [0.3, 0.4) is 0 Å². The summed E-state index contributed by atoms with van der Waals surface area (Å²) in [7, 11) is 2.20. The molecule has 1 nitrogen and oxygen atoms in total. The van der Waals surface area contributed by atoms with Crippen molar-refractivity contribution in [2.24, 2.45) is 0 Å². The number of hydrogen-bond acceptors (Lipinski definition) is 1. The molecule has 14 heavy (non-hydrogen) atoms. The molecule has 0 N–H and O–H groups in total. The van der Waals surface area contributed by atoms with Crippen LogP contribution in [-0.4, -0.2) is 18.5 Å². The zero-order valence-corrected chi connectivity index (χ0v) is 9.16. The van der Waals surface area contributed by atoms with Crippen LogP contribution in [0.25, 0.3) is 0 Å². The van der Waals surface area contributed by atoms with Gasteiger partial charge in [0.15, 0.2) is 0 Å². The van der Waals surface area contributed by atoms with E-state index in [0.29, 0.717) is 6.04 Å². The van der Waals surface area contributed by atoms with Crippen LogP contribution in [0.2, 0.25) is 0 Å². The Labute approximate surface area is 86.7 Å². The van der Waals surface area contributed by atoms with E-state index < -0.39 is 0 Å². The molecule has 1 aromatic rings. The zero-order chi connectivity index (χ0) is 9.97. The molecule has 1 fully saturated rings. The molecule has 0 radical (unpaired) electrons. The predicted octanol–water partition coefficient (Wildman–Crippen LogP) is 3.02. The van der Waals surface area contributed by atoms with E-state index >= 15 is 0 Å². The molecule has 0 spiro atoms. The van der Waals surface area contributed by atoms with Crippen molar-refractivity contribution >= 4 is 0 Å². The minimum atomic E-state index is 0.711. The quantitative estimate of drug-likeness (QED) is 0.658. The van der Waals surface area contributed by atoms with Crippen molar-refractivity contribution in [2.75, 3.05) is 13.6 Å². The number of unbranched alkanes of at least 4 members (excludes halogenated alkanes) is 1. The number of aryl methyl sites for hydroxylation is 1. The summed E-state index contributed by atoms with van der Waals surface area (Å²) in [6, 6.07) is 9.62. The Hall–Kier alpha value is -0.820. The second-order valence-corrected chi connectivity index (χ2v) is 4.26. The predicted molar refractivity (Wildman–Crippen MR) is 60.4 cm³/mol. The van der Waals surface area contributed by atoms with Crippen molar-refractivity contribution in [3.63, 3.8) is 0 Å². The third-order valence-corrected chi connectivity index (χ3v) is 3.07. The lowest BCUT2D eigenvalue weighted by molar-refractivity contribution is 0.626. The summed E-state index contributed by atoms with van der Waals surface area (Å²) in [5.74, 6) is 0. The van der Waals surface area contributed by atoms with Crippen molar-refractivity contribution in [1.29, 1.82) is 0 Å². The van der Waals surface area contributed by atoms with Crippen molar-refractivity contribution in [3.8, 4) is 0 Å². The molecular formula is C13H19N. The first-order valence-electron chi connectivity index (χ1n) is 5.61. The SMILES string of the molecule is CCCCc1ccccc1C1CN1C. The molecule has 0 aliphatic carbocycles. The van der Waals surface area contributed by atoms with Gasteiger partial charge < -0.3 is 0 Å². The van der Waals surface area contributed by atoms with Crippen LogP contribution in [-0.2, 0) is 6.42 Å². The highest BCUT2D eigenvalue weighted by molar-refractivity contribution is 5.33. The largest absolute Gasteiger partial charge is 0.296 e. The van der Waals surface area contributed by atoms with E-state index in [-0.39, 0.29) is 0 Å². The first-order chi connectivity index (χ1) is 6.83. The van der Waals surface area contributed by atoms with Gasteiger partial charge in [-0.25, -0.2) is 0 Å². The average molecular weight is 189 g/mol. The molecule has 0 amide bonds. The Balaban J connectivity index is 2.12. The fraction of sp³-hybridized carbons (Fsp3) is 0.538. The maximum atomic E-state index is 2.39. The third kappa shape index (κ3) is 1.98. The lowest BCUT2D eigenvalue weighted by atomic mass is 10.00. The molecule has 2 rings (SSSR count). The molecule has 2 unspecified atom stereocenters. The molecule has 1 heteroatoms. The van der Waals surface area contributed by atoms with Crippen LogP contribution >= 0.6 is 0 Å². The van der Waals surface area contributed by atoms with Crippen molar-refractivity contribution in [2.45, 2.75) is 32.2 Å². The molecule has 1 heterocycles. The molecule has 2 atom stereocenters. The zero-order valence-electron chi connectivity index (χ0n) is 9.16. The molecular weight excluding hydrogens is 170 g/mol. The fourth-order valence-corrected chi connectivity index (χ4v) is 2.02. The van der Waals surface area contributed by atoms with Gasteiger partial charge in [-0.3, -0.25) is 4.90 Å². The molecule has 0 aromatic heterocycles. The standard InChI is InChI=1S/C13H19N/c1-3-4-7-11-8-5-6-9-12(11)13-10-14(13)2/h5-6,8-9,13H,3-4,7,10H2,1-2H3. The summed E-state index contributed by atoms with van der Waals surface area (Å²) in [5.41, 5.74) is 3.12. The Kier molecular flexibility index (Phi) is 2.87. The monoisotopic (exact) mass is 189 g/mol. The second-order valence-electron chi connectivity index (χ2n) is 4.26. The van der Waals surface area contributed by atoms with Gasteiger partial charge >= 0.3 is 0 Å². The average Bonchev–Trinajstić information content (AvgIpc) is 2.93. The Bertz CT molecular complexity index is 306. The summed E-state index contributed by atoms with van der Waals surface area (Å²) in [6.45, 7) is 3.50. The summed E-state index contributed by atoms with van der Waals surface area (Å²) >= 11 is 0. The number of hydrogen-bond donors (Lipinski definition) is 0. The molecule has 0 saturated carbocycles. The van der Waals surface area contributed by atoms with Gasteiger partial charge in [0, 0.05) is 12.6 Å². The summed E-state index contributed by atoms with van der Waals surface area (Å²) in [4.78, 5) is 2.39. The van der Waals surface area contributed by atoms with Gasteiger partial charge in [-0.15, -0.1) is 0 Å². The van der Waals surface area contributed by atoms with Crippen LogP contribution in [0.4, 0.5) is 0 Å². The van der Waals surface area contributed by atoms with Gasteiger partial charge in [0.05, 0.1) is 0 Å². The lowest BCUT2D eigenvalue weighted by Crippen LogP contribution is -1.95. The second kappa shape index (κ2) is 4.14. The van der Waals surface area contributed by atoms with Crippen molar-refractivity contribution in [3.05, 3.63) is 35.4 Å². The van der Waals surface area contributed by atoms with Gasteiger partial charge in [-0.2, -0.15) is 0 Å². The van der Waals surface area contributed by atoms with Crippen molar-refractivity contribution < 1.29 is 0 Å². The van der Waals surface area contributed by atoms with Gasteiger partial charge in [0.1, 0.15) is 0 Å². The normalized spacial score (nSPS) is 25.0. The van der Waals surface area contributed by atoms with E-state index in [1.165, 1.54) is 25.8 Å². The Morgan fingerprint density at radius 3 is 2.71 bits per heavy atom. The van der Waals surface area contributed by atoms with Gasteiger partial charge in [0.2, 0.25) is 0 Å². The fourth-order valence-electron chi connectivity index (χ4n) is 2.02. The van der Waals surface area contributed by atoms with Gasteiger partial charge in [-0.05, 0) is 31.0 Å². The van der Waals surface area contributed by atoms with Crippen LogP contribution in [0.1, 0.15) is 36.9 Å². The molecule has 0 bridgehead atoms.